The largest absolute Gasteiger partial charge is 0.393 e. The Morgan fingerprint density at radius 1 is 0.960 bits per heavy atom. The standard InChI is InChI=1S/C23H42OS/c1-17-8-4-5-9-20(23(17,3)25)14-18-11-12-19-15-21(24)10-6-7-13-22(19,2)16-18/h17-21,24-25H,4-16H2,1-3H3/t17-,18?,19?,20?,21?,22+,23?/m0/s1. The van der Waals surface area contributed by atoms with Crippen molar-refractivity contribution in [1.82, 2.24) is 0 Å². The van der Waals surface area contributed by atoms with E-state index < -0.39 is 0 Å². The predicted octanol–water partition coefficient (Wildman–Crippen LogP) is 6.64. The third-order valence-corrected chi connectivity index (χ3v) is 9.44. The Balaban J connectivity index is 1.66. The number of hydrogen-bond acceptors (Lipinski definition) is 2. The summed E-state index contributed by atoms with van der Waals surface area (Å²) >= 11 is 5.20. The van der Waals surface area contributed by atoms with Crippen molar-refractivity contribution in [3.05, 3.63) is 0 Å². The summed E-state index contributed by atoms with van der Waals surface area (Å²) in [5.74, 6) is 3.18. The third-order valence-electron chi connectivity index (χ3n) is 8.64. The zero-order valence-electron chi connectivity index (χ0n) is 17.0. The fourth-order valence-electron chi connectivity index (χ4n) is 6.57. The van der Waals surface area contributed by atoms with Crippen LogP contribution in [0.1, 0.15) is 104 Å². The predicted molar refractivity (Wildman–Crippen MR) is 111 cm³/mol. The molecule has 0 bridgehead atoms. The first kappa shape index (κ1) is 20.1. The van der Waals surface area contributed by atoms with Gasteiger partial charge in [0.2, 0.25) is 0 Å². The van der Waals surface area contributed by atoms with Gasteiger partial charge in [-0.15, -0.1) is 0 Å². The Morgan fingerprint density at radius 2 is 1.68 bits per heavy atom. The molecule has 3 fully saturated rings. The average Bonchev–Trinajstić information content (AvgIpc) is 2.66. The van der Waals surface area contributed by atoms with E-state index in [1.807, 2.05) is 0 Å². The fourth-order valence-corrected chi connectivity index (χ4v) is 6.93. The average molecular weight is 367 g/mol. The molecular formula is C23H42OS. The molecule has 0 amide bonds. The molecule has 146 valence electrons. The van der Waals surface area contributed by atoms with Crippen molar-refractivity contribution in [2.45, 2.75) is 115 Å². The Labute approximate surface area is 162 Å². The van der Waals surface area contributed by atoms with E-state index in [-0.39, 0.29) is 10.9 Å². The Morgan fingerprint density at radius 3 is 2.48 bits per heavy atom. The summed E-state index contributed by atoms with van der Waals surface area (Å²) in [6.07, 6.45) is 17.1. The lowest BCUT2D eigenvalue weighted by molar-refractivity contribution is 0.00163. The van der Waals surface area contributed by atoms with Gasteiger partial charge in [-0.05, 0) is 80.5 Å². The molecule has 0 aromatic heterocycles. The number of rotatable bonds is 2. The van der Waals surface area contributed by atoms with Gasteiger partial charge in [0.25, 0.3) is 0 Å². The van der Waals surface area contributed by atoms with E-state index in [1.54, 1.807) is 0 Å². The van der Waals surface area contributed by atoms with Crippen LogP contribution in [0.5, 0.6) is 0 Å². The maximum absolute atomic E-state index is 10.3. The van der Waals surface area contributed by atoms with Crippen molar-refractivity contribution < 1.29 is 5.11 Å². The summed E-state index contributed by atoms with van der Waals surface area (Å²) in [7, 11) is 0. The van der Waals surface area contributed by atoms with Crippen LogP contribution in [0.15, 0.2) is 0 Å². The van der Waals surface area contributed by atoms with E-state index in [0.717, 1.165) is 36.5 Å². The third kappa shape index (κ3) is 4.60. The molecule has 2 heteroatoms. The molecule has 1 N–H and O–H groups in total. The van der Waals surface area contributed by atoms with Crippen molar-refractivity contribution in [3.8, 4) is 0 Å². The second kappa shape index (κ2) is 8.13. The summed E-state index contributed by atoms with van der Waals surface area (Å²) in [6.45, 7) is 7.41. The smallest absolute Gasteiger partial charge is 0.0543 e. The minimum Gasteiger partial charge on any atom is -0.393 e. The first-order valence-corrected chi connectivity index (χ1v) is 11.7. The molecule has 0 aromatic rings. The van der Waals surface area contributed by atoms with E-state index >= 15 is 0 Å². The van der Waals surface area contributed by atoms with Gasteiger partial charge >= 0.3 is 0 Å². The van der Waals surface area contributed by atoms with Crippen LogP contribution in [-0.2, 0) is 0 Å². The lowest BCUT2D eigenvalue weighted by Gasteiger charge is -2.48. The second-order valence-electron chi connectivity index (χ2n) is 10.5. The first-order chi connectivity index (χ1) is 11.8. The van der Waals surface area contributed by atoms with Crippen LogP contribution in [0.3, 0.4) is 0 Å². The van der Waals surface area contributed by atoms with Gasteiger partial charge in [0, 0.05) is 4.75 Å². The summed E-state index contributed by atoms with van der Waals surface area (Å²) < 4.78 is 0.214. The Hall–Kier alpha value is 0.310. The van der Waals surface area contributed by atoms with Crippen molar-refractivity contribution in [3.63, 3.8) is 0 Å². The molecule has 0 radical (unpaired) electrons. The maximum Gasteiger partial charge on any atom is 0.0543 e. The quantitative estimate of drug-likeness (QED) is 0.414. The van der Waals surface area contributed by atoms with Crippen LogP contribution in [0.4, 0.5) is 0 Å². The van der Waals surface area contributed by atoms with Crippen molar-refractivity contribution >= 4 is 12.6 Å². The highest BCUT2D eigenvalue weighted by atomic mass is 32.1. The van der Waals surface area contributed by atoms with E-state index in [4.69, 9.17) is 12.6 Å². The molecule has 7 atom stereocenters. The van der Waals surface area contributed by atoms with Gasteiger partial charge in [-0.25, -0.2) is 0 Å². The zero-order valence-corrected chi connectivity index (χ0v) is 17.9. The minimum atomic E-state index is -0.0374. The number of thiol groups is 1. The molecule has 1 nitrogen and oxygen atoms in total. The fraction of sp³-hybridized carbons (Fsp3) is 1.00. The molecule has 0 aromatic carbocycles. The van der Waals surface area contributed by atoms with E-state index in [2.05, 4.69) is 20.8 Å². The van der Waals surface area contributed by atoms with Gasteiger partial charge < -0.3 is 5.11 Å². The number of aliphatic hydroxyl groups excluding tert-OH is 1. The molecule has 3 rings (SSSR count). The summed E-state index contributed by atoms with van der Waals surface area (Å²) in [5.41, 5.74) is 0.480. The summed E-state index contributed by atoms with van der Waals surface area (Å²) in [6, 6.07) is 0. The van der Waals surface area contributed by atoms with E-state index in [1.165, 1.54) is 70.6 Å². The van der Waals surface area contributed by atoms with Crippen LogP contribution in [0.25, 0.3) is 0 Å². The topological polar surface area (TPSA) is 20.2 Å². The van der Waals surface area contributed by atoms with Crippen LogP contribution >= 0.6 is 12.6 Å². The van der Waals surface area contributed by atoms with Crippen LogP contribution in [0.2, 0.25) is 0 Å². The van der Waals surface area contributed by atoms with Gasteiger partial charge in [0.1, 0.15) is 0 Å². The lowest BCUT2D eigenvalue weighted by atomic mass is 9.58. The normalized spacial score (nSPS) is 49.6. The molecule has 0 spiro atoms. The number of hydrogen-bond donors (Lipinski definition) is 2. The Bertz CT molecular complexity index is 434. The first-order valence-electron chi connectivity index (χ1n) is 11.2. The Kier molecular flexibility index (Phi) is 6.52. The van der Waals surface area contributed by atoms with Crippen LogP contribution in [-0.4, -0.2) is 16.0 Å². The van der Waals surface area contributed by atoms with Gasteiger partial charge in [0.05, 0.1) is 6.10 Å². The second-order valence-corrected chi connectivity index (χ2v) is 11.4. The molecule has 3 aliphatic carbocycles. The molecule has 5 unspecified atom stereocenters. The van der Waals surface area contributed by atoms with E-state index in [0.29, 0.717) is 5.41 Å². The van der Waals surface area contributed by atoms with E-state index in [9.17, 15) is 5.11 Å². The van der Waals surface area contributed by atoms with Crippen molar-refractivity contribution in [2.75, 3.05) is 0 Å². The highest BCUT2D eigenvalue weighted by Gasteiger charge is 2.44. The highest BCUT2D eigenvalue weighted by Crippen LogP contribution is 2.53. The van der Waals surface area contributed by atoms with Crippen LogP contribution < -0.4 is 0 Å². The number of aliphatic hydroxyl groups is 1. The van der Waals surface area contributed by atoms with Crippen molar-refractivity contribution in [2.24, 2.45) is 29.1 Å². The molecule has 0 heterocycles. The monoisotopic (exact) mass is 366 g/mol. The van der Waals surface area contributed by atoms with Gasteiger partial charge in [-0.1, -0.05) is 52.9 Å². The summed E-state index contributed by atoms with van der Waals surface area (Å²) in [4.78, 5) is 0. The van der Waals surface area contributed by atoms with Gasteiger partial charge in [-0.3, -0.25) is 0 Å². The molecule has 0 aliphatic heterocycles. The molecule has 25 heavy (non-hydrogen) atoms. The molecular weight excluding hydrogens is 324 g/mol. The summed E-state index contributed by atoms with van der Waals surface area (Å²) in [5, 5.41) is 10.3. The maximum atomic E-state index is 10.3. The highest BCUT2D eigenvalue weighted by molar-refractivity contribution is 7.81. The molecule has 3 saturated carbocycles. The molecule has 0 saturated heterocycles. The number of fused-ring (bicyclic) bond motifs is 1. The van der Waals surface area contributed by atoms with Gasteiger partial charge in [0.15, 0.2) is 0 Å². The molecule has 3 aliphatic rings. The SMILES string of the molecule is C[C@H]1CCCCC(CC2CCC3CC(O)CCCC[C@]3(C)C2)C1(C)S. The lowest BCUT2D eigenvalue weighted by Crippen LogP contribution is -2.40. The minimum absolute atomic E-state index is 0.0374. The van der Waals surface area contributed by atoms with Crippen molar-refractivity contribution in [1.29, 1.82) is 0 Å². The zero-order chi connectivity index (χ0) is 18.1. The van der Waals surface area contributed by atoms with Gasteiger partial charge in [-0.2, -0.15) is 12.6 Å². The van der Waals surface area contributed by atoms with Crippen LogP contribution in [0, 0.1) is 29.1 Å².